The first-order valence-electron chi connectivity index (χ1n) is 6.76. The van der Waals surface area contributed by atoms with Crippen LogP contribution in [0.4, 0.5) is 18.9 Å². The molecule has 4 nitrogen and oxygen atoms in total. The highest BCUT2D eigenvalue weighted by atomic mass is 79.9. The summed E-state index contributed by atoms with van der Waals surface area (Å²) in [6.07, 6.45) is -4.36. The van der Waals surface area contributed by atoms with Crippen LogP contribution in [0, 0.1) is 0 Å². The van der Waals surface area contributed by atoms with Crippen LogP contribution in [0.3, 0.4) is 0 Å². The highest BCUT2D eigenvalue weighted by Crippen LogP contribution is 2.30. The van der Waals surface area contributed by atoms with E-state index in [0.717, 1.165) is 12.1 Å². The van der Waals surface area contributed by atoms with E-state index in [4.69, 9.17) is 0 Å². The molecule has 0 spiro atoms. The number of hydrogen-bond acceptors (Lipinski definition) is 3. The summed E-state index contributed by atoms with van der Waals surface area (Å²) in [5.74, 6) is 0. The SMILES string of the molecule is CNS(=O)(=O)c1ccc(NCc2ccc(C(F)(F)F)cc2)c(Br)c1. The van der Waals surface area contributed by atoms with Crippen LogP contribution in [0.2, 0.25) is 0 Å². The molecule has 2 rings (SSSR count). The minimum Gasteiger partial charge on any atom is -0.380 e. The molecule has 2 aromatic carbocycles. The fourth-order valence-electron chi connectivity index (χ4n) is 1.93. The third kappa shape index (κ3) is 4.49. The van der Waals surface area contributed by atoms with Gasteiger partial charge in [0.25, 0.3) is 0 Å². The van der Waals surface area contributed by atoms with Gasteiger partial charge in [-0.1, -0.05) is 12.1 Å². The first-order valence-corrected chi connectivity index (χ1v) is 9.04. The smallest absolute Gasteiger partial charge is 0.380 e. The molecule has 0 amide bonds. The molecule has 0 aliphatic carbocycles. The van der Waals surface area contributed by atoms with E-state index in [1.807, 2.05) is 0 Å². The van der Waals surface area contributed by atoms with Crippen LogP contribution in [0.25, 0.3) is 0 Å². The Morgan fingerprint density at radius 1 is 1.08 bits per heavy atom. The van der Waals surface area contributed by atoms with Gasteiger partial charge in [-0.3, -0.25) is 0 Å². The van der Waals surface area contributed by atoms with Crippen molar-refractivity contribution in [2.24, 2.45) is 0 Å². The molecule has 0 aliphatic heterocycles. The third-order valence-corrected chi connectivity index (χ3v) is 5.35. The zero-order chi connectivity index (χ0) is 18.0. The van der Waals surface area contributed by atoms with Crippen molar-refractivity contribution in [2.75, 3.05) is 12.4 Å². The lowest BCUT2D eigenvalue weighted by Crippen LogP contribution is -2.18. The summed E-state index contributed by atoms with van der Waals surface area (Å²) in [7, 11) is -2.22. The molecule has 9 heteroatoms. The van der Waals surface area contributed by atoms with Crippen LogP contribution in [0.1, 0.15) is 11.1 Å². The largest absolute Gasteiger partial charge is 0.416 e. The van der Waals surface area contributed by atoms with Crippen LogP contribution < -0.4 is 10.0 Å². The molecule has 0 radical (unpaired) electrons. The van der Waals surface area contributed by atoms with Gasteiger partial charge in [-0.25, -0.2) is 13.1 Å². The second-order valence-electron chi connectivity index (χ2n) is 4.90. The van der Waals surface area contributed by atoms with Crippen LogP contribution in [-0.4, -0.2) is 15.5 Å². The van der Waals surface area contributed by atoms with Gasteiger partial charge in [0.1, 0.15) is 0 Å². The number of sulfonamides is 1. The lowest BCUT2D eigenvalue weighted by Gasteiger charge is -2.11. The van der Waals surface area contributed by atoms with Gasteiger partial charge >= 0.3 is 6.18 Å². The molecule has 0 unspecified atom stereocenters. The number of halogens is 4. The van der Waals surface area contributed by atoms with E-state index in [9.17, 15) is 21.6 Å². The van der Waals surface area contributed by atoms with E-state index < -0.39 is 21.8 Å². The van der Waals surface area contributed by atoms with E-state index in [0.29, 0.717) is 22.3 Å². The summed E-state index contributed by atoms with van der Waals surface area (Å²) < 4.78 is 63.7. The molecule has 24 heavy (non-hydrogen) atoms. The van der Waals surface area contributed by atoms with E-state index in [1.165, 1.54) is 31.3 Å². The predicted octanol–water partition coefficient (Wildman–Crippen LogP) is 3.99. The number of benzene rings is 2. The third-order valence-electron chi connectivity index (χ3n) is 3.28. The Kier molecular flexibility index (Phi) is 5.56. The molecular formula is C15H14BrF3N2O2S. The van der Waals surface area contributed by atoms with Crippen molar-refractivity contribution < 1.29 is 21.6 Å². The Hall–Kier alpha value is -1.58. The van der Waals surface area contributed by atoms with Gasteiger partial charge in [-0.05, 0) is 58.9 Å². The molecule has 2 N–H and O–H groups in total. The van der Waals surface area contributed by atoms with Gasteiger partial charge in [0.05, 0.1) is 10.5 Å². The molecule has 0 bridgehead atoms. The van der Waals surface area contributed by atoms with Crippen molar-refractivity contribution in [1.82, 2.24) is 4.72 Å². The van der Waals surface area contributed by atoms with E-state index in [2.05, 4.69) is 26.0 Å². The Morgan fingerprint density at radius 2 is 1.71 bits per heavy atom. The number of nitrogens with one attached hydrogen (secondary N) is 2. The molecule has 0 saturated carbocycles. The van der Waals surface area contributed by atoms with Crippen molar-refractivity contribution in [3.8, 4) is 0 Å². The number of hydrogen-bond donors (Lipinski definition) is 2. The van der Waals surface area contributed by atoms with Crippen molar-refractivity contribution in [1.29, 1.82) is 0 Å². The van der Waals surface area contributed by atoms with Crippen LogP contribution in [0.15, 0.2) is 51.8 Å². The molecule has 130 valence electrons. The average molecular weight is 423 g/mol. The normalized spacial score (nSPS) is 12.2. The van der Waals surface area contributed by atoms with Crippen molar-refractivity contribution >= 4 is 31.6 Å². The highest BCUT2D eigenvalue weighted by Gasteiger charge is 2.29. The Morgan fingerprint density at radius 3 is 2.21 bits per heavy atom. The first-order chi connectivity index (χ1) is 11.1. The topological polar surface area (TPSA) is 58.2 Å². The van der Waals surface area contributed by atoms with Crippen LogP contribution >= 0.6 is 15.9 Å². The molecule has 2 aromatic rings. The zero-order valence-corrected chi connectivity index (χ0v) is 14.9. The van der Waals surface area contributed by atoms with Crippen LogP contribution in [-0.2, 0) is 22.7 Å². The van der Waals surface area contributed by atoms with Crippen molar-refractivity contribution in [2.45, 2.75) is 17.6 Å². The van der Waals surface area contributed by atoms with E-state index in [1.54, 1.807) is 6.07 Å². The van der Waals surface area contributed by atoms with Gasteiger partial charge < -0.3 is 5.32 Å². The minimum atomic E-state index is -4.36. The number of rotatable bonds is 5. The van der Waals surface area contributed by atoms with Crippen molar-refractivity contribution in [3.05, 3.63) is 58.1 Å². The van der Waals surface area contributed by atoms with Crippen molar-refractivity contribution in [3.63, 3.8) is 0 Å². The molecule has 0 fully saturated rings. The molecule has 0 saturated heterocycles. The fraction of sp³-hybridized carbons (Fsp3) is 0.200. The highest BCUT2D eigenvalue weighted by molar-refractivity contribution is 9.10. The van der Waals surface area contributed by atoms with Gasteiger partial charge in [-0.15, -0.1) is 0 Å². The number of anilines is 1. The molecule has 0 heterocycles. The quantitative estimate of drug-likeness (QED) is 0.765. The Bertz CT molecular complexity index is 822. The van der Waals surface area contributed by atoms with Gasteiger partial charge in [0.2, 0.25) is 10.0 Å². The zero-order valence-electron chi connectivity index (χ0n) is 12.5. The molecular weight excluding hydrogens is 409 g/mol. The fourth-order valence-corrected chi connectivity index (χ4v) is 3.36. The average Bonchev–Trinajstić information content (AvgIpc) is 2.53. The number of alkyl halides is 3. The predicted molar refractivity (Wildman–Crippen MR) is 89.2 cm³/mol. The van der Waals surface area contributed by atoms with E-state index >= 15 is 0 Å². The van der Waals surface area contributed by atoms with Gasteiger partial charge in [-0.2, -0.15) is 13.2 Å². The standard InChI is InChI=1S/C15H14BrF3N2O2S/c1-20-24(22,23)12-6-7-14(13(16)8-12)21-9-10-2-4-11(5-3-10)15(17,18)19/h2-8,20-21H,9H2,1H3. The van der Waals surface area contributed by atoms with Gasteiger partial charge in [0.15, 0.2) is 0 Å². The second-order valence-corrected chi connectivity index (χ2v) is 7.64. The minimum absolute atomic E-state index is 0.108. The summed E-state index contributed by atoms with van der Waals surface area (Å²) in [6.45, 7) is 0.300. The summed E-state index contributed by atoms with van der Waals surface area (Å²) in [4.78, 5) is 0.108. The molecule has 0 aliphatic rings. The molecule has 0 atom stereocenters. The monoisotopic (exact) mass is 422 g/mol. The lowest BCUT2D eigenvalue weighted by atomic mass is 10.1. The lowest BCUT2D eigenvalue weighted by molar-refractivity contribution is -0.137. The summed E-state index contributed by atoms with van der Waals surface area (Å²) in [5.41, 5.74) is 0.598. The van der Waals surface area contributed by atoms with Crippen LogP contribution in [0.5, 0.6) is 0 Å². The van der Waals surface area contributed by atoms with Gasteiger partial charge in [0, 0.05) is 16.7 Å². The van der Waals surface area contributed by atoms with E-state index in [-0.39, 0.29) is 4.90 Å². The first kappa shape index (κ1) is 18.8. The Balaban J connectivity index is 2.10. The summed E-state index contributed by atoms with van der Waals surface area (Å²) in [6, 6.07) is 9.29. The maximum absolute atomic E-state index is 12.5. The summed E-state index contributed by atoms with van der Waals surface area (Å²) >= 11 is 3.28. The maximum atomic E-state index is 12.5. The maximum Gasteiger partial charge on any atom is 0.416 e. The Labute approximate surface area is 146 Å². The molecule has 0 aromatic heterocycles. The second kappa shape index (κ2) is 7.12. The summed E-state index contributed by atoms with van der Waals surface area (Å²) in [5, 5.41) is 3.04.